The van der Waals surface area contributed by atoms with Crippen molar-refractivity contribution in [3.63, 3.8) is 0 Å². The van der Waals surface area contributed by atoms with Gasteiger partial charge in [0, 0.05) is 42.9 Å². The zero-order valence-electron chi connectivity index (χ0n) is 14.1. The van der Waals surface area contributed by atoms with Crippen LogP contribution >= 0.6 is 0 Å². The molecule has 25 heavy (non-hydrogen) atoms. The fraction of sp³-hybridized carbons (Fsp3) is 0.389. The molecule has 0 unspecified atom stereocenters. The molecule has 1 aliphatic heterocycles. The Labute approximate surface area is 146 Å². The lowest BCUT2D eigenvalue weighted by Crippen LogP contribution is -2.39. The third kappa shape index (κ3) is 3.33. The standard InChI is InChI=1S/C18H22N4O3/c1-13(6-4-5-10-22-12-14(9-11-23)20-21-22)18(25)15-7-2-3-8-16(15)19-17(18)24/h2-4,6-8,12-13,23,25H,5,9-11H2,1H3,(H,19,24)/b6-4+/t13-,18+/m0/s1. The lowest BCUT2D eigenvalue weighted by molar-refractivity contribution is -0.137. The minimum Gasteiger partial charge on any atom is -0.396 e. The fourth-order valence-electron chi connectivity index (χ4n) is 3.04. The number of benzene rings is 1. The van der Waals surface area contributed by atoms with Crippen molar-refractivity contribution in [2.45, 2.75) is 31.9 Å². The number of allylic oxidation sites excluding steroid dienone is 1. The molecule has 2 atom stereocenters. The predicted octanol–water partition coefficient (Wildman–Crippen LogP) is 1.24. The van der Waals surface area contributed by atoms with Crippen molar-refractivity contribution in [3.8, 4) is 0 Å². The molecule has 132 valence electrons. The highest BCUT2D eigenvalue weighted by Crippen LogP contribution is 2.41. The maximum atomic E-state index is 12.3. The number of nitrogens with one attached hydrogen (secondary N) is 1. The number of aromatic nitrogens is 3. The number of para-hydroxylation sites is 1. The molecule has 0 bridgehead atoms. The van der Waals surface area contributed by atoms with Crippen LogP contribution in [0, 0.1) is 5.92 Å². The molecule has 0 aliphatic carbocycles. The van der Waals surface area contributed by atoms with E-state index in [1.807, 2.05) is 37.4 Å². The van der Waals surface area contributed by atoms with Crippen LogP contribution in [0.15, 0.2) is 42.6 Å². The Balaban J connectivity index is 1.62. The van der Waals surface area contributed by atoms with E-state index >= 15 is 0 Å². The van der Waals surface area contributed by atoms with Crippen molar-refractivity contribution in [2.75, 3.05) is 11.9 Å². The normalized spacial score (nSPS) is 20.7. The van der Waals surface area contributed by atoms with E-state index < -0.39 is 11.5 Å². The first-order valence-corrected chi connectivity index (χ1v) is 8.35. The van der Waals surface area contributed by atoms with E-state index in [1.165, 1.54) is 0 Å². The second kappa shape index (κ2) is 7.16. The number of fused-ring (bicyclic) bond motifs is 1. The van der Waals surface area contributed by atoms with Gasteiger partial charge in [-0.05, 0) is 12.5 Å². The van der Waals surface area contributed by atoms with Crippen molar-refractivity contribution < 1.29 is 15.0 Å². The van der Waals surface area contributed by atoms with Gasteiger partial charge in [0.05, 0.1) is 5.69 Å². The number of hydrogen-bond donors (Lipinski definition) is 3. The van der Waals surface area contributed by atoms with Crippen molar-refractivity contribution in [2.24, 2.45) is 5.92 Å². The zero-order chi connectivity index (χ0) is 17.9. The van der Waals surface area contributed by atoms with E-state index in [0.717, 1.165) is 5.69 Å². The molecule has 0 saturated heterocycles. The van der Waals surface area contributed by atoms with Gasteiger partial charge in [0.25, 0.3) is 5.91 Å². The third-order valence-corrected chi connectivity index (χ3v) is 4.49. The van der Waals surface area contributed by atoms with Crippen molar-refractivity contribution >= 4 is 11.6 Å². The highest BCUT2D eigenvalue weighted by Gasteiger charge is 2.48. The lowest BCUT2D eigenvalue weighted by Gasteiger charge is -2.25. The summed E-state index contributed by atoms with van der Waals surface area (Å²) in [5.41, 5.74) is 0.485. The SMILES string of the molecule is C[C@@H](/C=C/CCn1cc(CCO)nn1)[C@]1(O)C(=O)Nc2ccccc21. The Bertz CT molecular complexity index is 786. The first kappa shape index (κ1) is 17.3. The number of aliphatic hydroxyl groups is 2. The number of aliphatic hydroxyl groups excluding tert-OH is 1. The van der Waals surface area contributed by atoms with E-state index in [4.69, 9.17) is 5.11 Å². The Hall–Kier alpha value is -2.51. The van der Waals surface area contributed by atoms with Gasteiger partial charge < -0.3 is 15.5 Å². The molecule has 2 heterocycles. The molecule has 1 aromatic heterocycles. The monoisotopic (exact) mass is 342 g/mol. The van der Waals surface area contributed by atoms with Crippen LogP contribution < -0.4 is 5.32 Å². The Morgan fingerprint density at radius 1 is 1.40 bits per heavy atom. The van der Waals surface area contributed by atoms with E-state index in [0.29, 0.717) is 30.6 Å². The van der Waals surface area contributed by atoms with Crippen LogP contribution in [0.1, 0.15) is 24.6 Å². The molecule has 3 rings (SSSR count). The minimum atomic E-state index is -1.55. The summed E-state index contributed by atoms with van der Waals surface area (Å²) in [6.07, 6.45) is 6.79. The number of rotatable bonds is 7. The number of anilines is 1. The van der Waals surface area contributed by atoms with Crippen LogP contribution in [0.5, 0.6) is 0 Å². The largest absolute Gasteiger partial charge is 0.396 e. The summed E-state index contributed by atoms with van der Waals surface area (Å²) < 4.78 is 1.71. The van der Waals surface area contributed by atoms with Gasteiger partial charge in [0.1, 0.15) is 0 Å². The minimum absolute atomic E-state index is 0.0538. The second-order valence-electron chi connectivity index (χ2n) is 6.22. The predicted molar refractivity (Wildman–Crippen MR) is 92.7 cm³/mol. The molecule has 7 nitrogen and oxygen atoms in total. The van der Waals surface area contributed by atoms with Crippen molar-refractivity contribution in [3.05, 3.63) is 53.9 Å². The summed E-state index contributed by atoms with van der Waals surface area (Å²) in [6, 6.07) is 7.20. The molecule has 3 N–H and O–H groups in total. The molecule has 0 saturated carbocycles. The molecular weight excluding hydrogens is 320 g/mol. The van der Waals surface area contributed by atoms with Crippen molar-refractivity contribution in [1.29, 1.82) is 0 Å². The summed E-state index contributed by atoms with van der Waals surface area (Å²) in [6.45, 7) is 2.52. The average molecular weight is 342 g/mol. The van der Waals surface area contributed by atoms with Gasteiger partial charge >= 0.3 is 0 Å². The van der Waals surface area contributed by atoms with E-state index in [1.54, 1.807) is 16.8 Å². The molecule has 1 aromatic carbocycles. The van der Waals surface area contributed by atoms with Gasteiger partial charge in [-0.1, -0.05) is 42.5 Å². The second-order valence-corrected chi connectivity index (χ2v) is 6.22. The molecule has 0 fully saturated rings. The molecule has 1 aliphatic rings. The smallest absolute Gasteiger partial charge is 0.261 e. The quantitative estimate of drug-likeness (QED) is 0.657. The number of carbonyl (C=O) groups is 1. The Morgan fingerprint density at radius 2 is 2.20 bits per heavy atom. The Morgan fingerprint density at radius 3 is 3.00 bits per heavy atom. The summed E-state index contributed by atoms with van der Waals surface area (Å²) >= 11 is 0. The van der Waals surface area contributed by atoms with Gasteiger partial charge in [-0.25, -0.2) is 0 Å². The number of aryl methyl sites for hydroxylation is 1. The van der Waals surface area contributed by atoms with Crippen LogP contribution in [0.25, 0.3) is 0 Å². The maximum Gasteiger partial charge on any atom is 0.261 e. The van der Waals surface area contributed by atoms with Crippen LogP contribution in [-0.4, -0.2) is 37.7 Å². The number of carbonyl (C=O) groups excluding carboxylic acids is 1. The molecule has 0 spiro atoms. The van der Waals surface area contributed by atoms with Gasteiger partial charge in [-0.3, -0.25) is 9.48 Å². The number of hydrogen-bond acceptors (Lipinski definition) is 5. The first-order valence-electron chi connectivity index (χ1n) is 8.35. The molecular formula is C18H22N4O3. The van der Waals surface area contributed by atoms with Gasteiger partial charge in [-0.15, -0.1) is 5.10 Å². The highest BCUT2D eigenvalue weighted by atomic mass is 16.3. The molecule has 2 aromatic rings. The first-order chi connectivity index (χ1) is 12.1. The Kier molecular flexibility index (Phi) is 4.96. The highest BCUT2D eigenvalue weighted by molar-refractivity contribution is 6.05. The number of nitrogens with zero attached hydrogens (tertiary/aromatic N) is 3. The maximum absolute atomic E-state index is 12.3. The van der Waals surface area contributed by atoms with Crippen LogP contribution in [0.2, 0.25) is 0 Å². The summed E-state index contributed by atoms with van der Waals surface area (Å²) in [5.74, 6) is -0.757. The molecule has 1 amide bonds. The lowest BCUT2D eigenvalue weighted by atomic mass is 9.83. The van der Waals surface area contributed by atoms with E-state index in [-0.39, 0.29) is 12.5 Å². The zero-order valence-corrected chi connectivity index (χ0v) is 14.1. The summed E-state index contributed by atoms with van der Waals surface area (Å²) in [5, 5.41) is 30.5. The van der Waals surface area contributed by atoms with Gasteiger partial charge in [-0.2, -0.15) is 0 Å². The topological polar surface area (TPSA) is 100 Å². The molecule has 0 radical (unpaired) electrons. The molecule has 7 heteroatoms. The summed E-state index contributed by atoms with van der Waals surface area (Å²) in [4.78, 5) is 12.3. The van der Waals surface area contributed by atoms with Crippen LogP contribution in [0.3, 0.4) is 0 Å². The van der Waals surface area contributed by atoms with Crippen LogP contribution in [0.4, 0.5) is 5.69 Å². The van der Waals surface area contributed by atoms with E-state index in [9.17, 15) is 9.90 Å². The average Bonchev–Trinajstić information content (AvgIpc) is 3.16. The van der Waals surface area contributed by atoms with E-state index in [2.05, 4.69) is 15.6 Å². The third-order valence-electron chi connectivity index (χ3n) is 4.49. The van der Waals surface area contributed by atoms with Crippen LogP contribution in [-0.2, 0) is 23.4 Å². The van der Waals surface area contributed by atoms with Gasteiger partial charge in [0.2, 0.25) is 0 Å². The fourth-order valence-corrected chi connectivity index (χ4v) is 3.04. The number of amides is 1. The van der Waals surface area contributed by atoms with Crippen molar-refractivity contribution in [1.82, 2.24) is 15.0 Å². The van der Waals surface area contributed by atoms with Gasteiger partial charge in [0.15, 0.2) is 5.60 Å². The summed E-state index contributed by atoms with van der Waals surface area (Å²) in [7, 11) is 0.